The summed E-state index contributed by atoms with van der Waals surface area (Å²) in [7, 11) is 0. The molecule has 0 radical (unpaired) electrons. The molecule has 1 aliphatic heterocycles. The monoisotopic (exact) mass is 567 g/mol. The summed E-state index contributed by atoms with van der Waals surface area (Å²) in [6, 6.07) is 25.1. The fourth-order valence-electron chi connectivity index (χ4n) is 4.26. The van der Waals surface area contributed by atoms with Crippen LogP contribution in [-0.2, 0) is 27.5 Å². The van der Waals surface area contributed by atoms with Crippen molar-refractivity contribution in [3.63, 3.8) is 0 Å². The molecular formula is C30H33NO10. The molecule has 1 heterocycles. The van der Waals surface area contributed by atoms with Crippen LogP contribution in [0.15, 0.2) is 72.8 Å². The van der Waals surface area contributed by atoms with E-state index in [0.717, 1.165) is 30.2 Å². The third-order valence-corrected chi connectivity index (χ3v) is 6.12. The van der Waals surface area contributed by atoms with Crippen molar-refractivity contribution >= 4 is 17.9 Å². The van der Waals surface area contributed by atoms with E-state index in [1.54, 1.807) is 0 Å². The average molecular weight is 568 g/mol. The van der Waals surface area contributed by atoms with Gasteiger partial charge in [-0.05, 0) is 41.3 Å². The number of carboxylic acid groups (broad SMARTS) is 3. The molecule has 0 amide bonds. The Hall–Kier alpha value is -4.45. The van der Waals surface area contributed by atoms with Crippen molar-refractivity contribution in [2.75, 3.05) is 13.3 Å². The van der Waals surface area contributed by atoms with Gasteiger partial charge in [-0.25, -0.2) is 4.79 Å². The van der Waals surface area contributed by atoms with Crippen molar-refractivity contribution in [1.29, 1.82) is 0 Å². The van der Waals surface area contributed by atoms with Gasteiger partial charge in [0.2, 0.25) is 6.79 Å². The summed E-state index contributed by atoms with van der Waals surface area (Å²) in [6.45, 7) is 4.22. The van der Waals surface area contributed by atoms with Gasteiger partial charge in [-0.15, -0.1) is 0 Å². The highest BCUT2D eigenvalue weighted by molar-refractivity contribution is 5.88. The van der Waals surface area contributed by atoms with Crippen LogP contribution in [0.5, 0.6) is 11.5 Å². The number of aliphatic hydroxyl groups excluding tert-OH is 1. The Bertz CT molecular complexity index is 1310. The molecule has 0 bridgehead atoms. The normalized spacial score (nSPS) is 12.8. The predicted molar refractivity (Wildman–Crippen MR) is 147 cm³/mol. The average Bonchev–Trinajstić information content (AvgIpc) is 3.37. The summed E-state index contributed by atoms with van der Waals surface area (Å²) in [5, 5.41) is 43.8. The lowest BCUT2D eigenvalue weighted by atomic mass is 9.96. The van der Waals surface area contributed by atoms with E-state index in [4.69, 9.17) is 29.9 Å². The Balaban J connectivity index is 0.000000302. The number of hydrogen-bond acceptors (Lipinski definition) is 8. The Labute approximate surface area is 236 Å². The van der Waals surface area contributed by atoms with E-state index in [-0.39, 0.29) is 6.79 Å². The number of carboxylic acids is 3. The number of benzene rings is 3. The number of aliphatic carboxylic acids is 3. The molecule has 0 fully saturated rings. The standard InChI is InChI=1S/C24H25NO3.C6H8O7/c1-18(26)14-25(16-20-9-12-23-24(13-20)28-17-27-23)15-19-7-10-22(11-8-19)21-5-3-2-4-6-21;7-3(8)1-6(13,5(11)12)2-4(9)10/h2-13,18,26H,14-17H2,1H3;13H,1-2H2,(H,7,8)(H,9,10)(H,11,12). The third-order valence-electron chi connectivity index (χ3n) is 6.12. The molecule has 5 N–H and O–H groups in total. The van der Waals surface area contributed by atoms with E-state index < -0.39 is 42.5 Å². The molecule has 0 aromatic heterocycles. The van der Waals surface area contributed by atoms with Gasteiger partial charge in [0.15, 0.2) is 17.1 Å². The van der Waals surface area contributed by atoms with E-state index >= 15 is 0 Å². The number of fused-ring (bicyclic) bond motifs is 1. The highest BCUT2D eigenvalue weighted by Gasteiger charge is 2.40. The van der Waals surface area contributed by atoms with Crippen LogP contribution in [0.2, 0.25) is 0 Å². The highest BCUT2D eigenvalue weighted by atomic mass is 16.7. The first-order chi connectivity index (χ1) is 19.4. The predicted octanol–water partition coefficient (Wildman–Crippen LogP) is 3.22. The van der Waals surface area contributed by atoms with Crippen molar-refractivity contribution in [1.82, 2.24) is 4.90 Å². The van der Waals surface area contributed by atoms with Gasteiger partial charge in [0.05, 0.1) is 18.9 Å². The lowest BCUT2D eigenvalue weighted by Gasteiger charge is -2.24. The van der Waals surface area contributed by atoms with Gasteiger partial charge >= 0.3 is 17.9 Å². The summed E-state index contributed by atoms with van der Waals surface area (Å²) in [5.74, 6) is -3.43. The fraction of sp³-hybridized carbons (Fsp3) is 0.300. The van der Waals surface area contributed by atoms with Crippen molar-refractivity contribution in [2.45, 2.75) is 44.6 Å². The molecule has 3 aromatic rings. The molecular weight excluding hydrogens is 534 g/mol. The largest absolute Gasteiger partial charge is 0.481 e. The second-order valence-electron chi connectivity index (χ2n) is 9.75. The topological polar surface area (TPSA) is 174 Å². The Morgan fingerprint density at radius 3 is 1.90 bits per heavy atom. The second-order valence-corrected chi connectivity index (χ2v) is 9.75. The van der Waals surface area contributed by atoms with Crippen molar-refractivity contribution in [3.8, 4) is 22.6 Å². The molecule has 11 heteroatoms. The highest BCUT2D eigenvalue weighted by Crippen LogP contribution is 2.33. The van der Waals surface area contributed by atoms with Gasteiger partial charge in [0, 0.05) is 19.6 Å². The van der Waals surface area contributed by atoms with Gasteiger partial charge in [0.1, 0.15) is 0 Å². The Morgan fingerprint density at radius 1 is 0.805 bits per heavy atom. The maximum Gasteiger partial charge on any atom is 0.336 e. The van der Waals surface area contributed by atoms with Crippen LogP contribution in [0.25, 0.3) is 11.1 Å². The van der Waals surface area contributed by atoms with Crippen molar-refractivity contribution in [3.05, 3.63) is 83.9 Å². The molecule has 1 unspecified atom stereocenters. The van der Waals surface area contributed by atoms with Gasteiger partial charge in [0.25, 0.3) is 0 Å². The molecule has 0 saturated carbocycles. The quantitative estimate of drug-likeness (QED) is 0.217. The van der Waals surface area contributed by atoms with Crippen molar-refractivity contribution in [2.24, 2.45) is 0 Å². The van der Waals surface area contributed by atoms with Crippen LogP contribution in [0.3, 0.4) is 0 Å². The fourth-order valence-corrected chi connectivity index (χ4v) is 4.26. The van der Waals surface area contributed by atoms with Crippen LogP contribution in [0, 0.1) is 0 Å². The van der Waals surface area contributed by atoms with E-state index in [1.807, 2.05) is 25.1 Å². The van der Waals surface area contributed by atoms with Gasteiger partial charge in [-0.3, -0.25) is 14.5 Å². The maximum atomic E-state index is 10.3. The van der Waals surface area contributed by atoms with E-state index in [0.29, 0.717) is 6.54 Å². The number of carbonyl (C=O) groups is 3. The zero-order chi connectivity index (χ0) is 30.0. The summed E-state index contributed by atoms with van der Waals surface area (Å²) < 4.78 is 10.9. The summed E-state index contributed by atoms with van der Waals surface area (Å²) in [4.78, 5) is 32.7. The third kappa shape index (κ3) is 9.60. The van der Waals surface area contributed by atoms with Gasteiger partial charge < -0.3 is 35.0 Å². The van der Waals surface area contributed by atoms with Crippen LogP contribution in [0.4, 0.5) is 0 Å². The molecule has 4 rings (SSSR count). The summed E-state index contributed by atoms with van der Waals surface area (Å²) >= 11 is 0. The number of ether oxygens (including phenoxy) is 2. The number of nitrogens with zero attached hydrogens (tertiary/aromatic N) is 1. The van der Waals surface area contributed by atoms with Crippen LogP contribution in [0.1, 0.15) is 30.9 Å². The number of aliphatic hydroxyl groups is 2. The molecule has 41 heavy (non-hydrogen) atoms. The van der Waals surface area contributed by atoms with E-state index in [1.165, 1.54) is 16.7 Å². The molecule has 218 valence electrons. The minimum Gasteiger partial charge on any atom is -0.481 e. The van der Waals surface area contributed by atoms with Crippen LogP contribution in [-0.4, -0.2) is 73.4 Å². The van der Waals surface area contributed by atoms with E-state index in [9.17, 15) is 19.5 Å². The lowest BCUT2D eigenvalue weighted by molar-refractivity contribution is -0.170. The number of rotatable bonds is 12. The molecule has 3 aromatic carbocycles. The SMILES string of the molecule is CC(O)CN(Cc1ccc(-c2ccccc2)cc1)Cc1ccc2c(c1)OCO2.O=C(O)CC(O)(CC(=O)O)C(=O)O. The first-order valence-electron chi connectivity index (χ1n) is 12.8. The molecule has 0 spiro atoms. The Morgan fingerprint density at radius 2 is 1.34 bits per heavy atom. The van der Waals surface area contributed by atoms with E-state index in [2.05, 4.69) is 59.5 Å². The van der Waals surface area contributed by atoms with Gasteiger partial charge in [-0.1, -0.05) is 60.7 Å². The minimum atomic E-state index is -2.74. The number of hydrogen-bond donors (Lipinski definition) is 5. The zero-order valence-corrected chi connectivity index (χ0v) is 22.5. The second kappa shape index (κ2) is 14.3. The first-order valence-corrected chi connectivity index (χ1v) is 12.8. The molecule has 0 saturated heterocycles. The lowest BCUT2D eigenvalue weighted by Crippen LogP contribution is -2.42. The molecule has 11 nitrogen and oxygen atoms in total. The van der Waals surface area contributed by atoms with Crippen molar-refractivity contribution < 1.29 is 49.4 Å². The zero-order valence-electron chi connectivity index (χ0n) is 22.5. The summed E-state index contributed by atoms with van der Waals surface area (Å²) in [6.07, 6.45) is -2.68. The molecule has 0 aliphatic carbocycles. The van der Waals surface area contributed by atoms with Crippen LogP contribution >= 0.6 is 0 Å². The minimum absolute atomic E-state index is 0.282. The smallest absolute Gasteiger partial charge is 0.336 e. The maximum absolute atomic E-state index is 10.3. The van der Waals surface area contributed by atoms with Gasteiger partial charge in [-0.2, -0.15) is 0 Å². The molecule has 1 aliphatic rings. The first kappa shape index (κ1) is 31.1. The molecule has 1 atom stereocenters. The van der Waals surface area contributed by atoms with Crippen LogP contribution < -0.4 is 9.47 Å². The Kier molecular flexibility index (Phi) is 10.8. The summed E-state index contributed by atoms with van der Waals surface area (Å²) in [5.41, 5.74) is 2.06.